The van der Waals surface area contributed by atoms with Gasteiger partial charge in [-0.05, 0) is 138 Å². The van der Waals surface area contributed by atoms with Gasteiger partial charge in [0.05, 0.1) is 14.2 Å². The maximum absolute atomic E-state index is 7.07. The van der Waals surface area contributed by atoms with Gasteiger partial charge in [0.15, 0.2) is 0 Å². The molecule has 0 fully saturated rings. The van der Waals surface area contributed by atoms with Crippen LogP contribution in [0.25, 0.3) is 0 Å². The summed E-state index contributed by atoms with van der Waals surface area (Å²) in [6.07, 6.45) is 6.70. The van der Waals surface area contributed by atoms with E-state index in [1.165, 1.54) is 66.8 Å². The second-order valence-corrected chi connectivity index (χ2v) is 23.5. The summed E-state index contributed by atoms with van der Waals surface area (Å²) in [5, 5.41) is 0. The Morgan fingerprint density at radius 3 is 0.853 bits per heavy atom. The fourth-order valence-corrected chi connectivity index (χ4v) is 9.72. The Morgan fingerprint density at radius 2 is 0.588 bits per heavy atom. The quantitative estimate of drug-likeness (QED) is 0.152. The number of methoxy groups -OCH3 is 2. The highest BCUT2D eigenvalue weighted by atomic mass is 16.5. The third-order valence-corrected chi connectivity index (χ3v) is 13.8. The van der Waals surface area contributed by atoms with E-state index in [2.05, 4.69) is 192 Å². The van der Waals surface area contributed by atoms with Gasteiger partial charge in [-0.2, -0.15) is 0 Å². The second kappa shape index (κ2) is 20.6. The van der Waals surface area contributed by atoms with Gasteiger partial charge in [-0.1, -0.05) is 192 Å². The molecule has 4 nitrogen and oxygen atoms in total. The van der Waals surface area contributed by atoms with Crippen LogP contribution in [0.5, 0.6) is 23.0 Å². The van der Waals surface area contributed by atoms with Gasteiger partial charge in [0.25, 0.3) is 0 Å². The lowest BCUT2D eigenvalue weighted by Crippen LogP contribution is -2.16. The Morgan fingerprint density at radius 1 is 0.338 bits per heavy atom. The van der Waals surface area contributed by atoms with Gasteiger partial charge in [-0.25, -0.2) is 0 Å². The van der Waals surface area contributed by atoms with E-state index in [4.69, 9.17) is 18.9 Å². The minimum Gasteiger partial charge on any atom is -0.496 e. The number of fused-ring (bicyclic) bond motifs is 8. The lowest BCUT2D eigenvalue weighted by Gasteiger charge is -2.27. The molecule has 0 heterocycles. The Labute approximate surface area is 410 Å². The van der Waals surface area contributed by atoms with Crippen LogP contribution in [-0.4, -0.2) is 14.2 Å². The van der Waals surface area contributed by atoms with Crippen LogP contribution in [0.15, 0.2) is 109 Å². The molecule has 0 saturated heterocycles. The van der Waals surface area contributed by atoms with Gasteiger partial charge < -0.3 is 18.9 Å². The van der Waals surface area contributed by atoms with E-state index in [9.17, 15) is 0 Å². The molecule has 7 rings (SSSR count). The van der Waals surface area contributed by atoms with Crippen molar-refractivity contribution in [2.75, 3.05) is 14.2 Å². The molecule has 68 heavy (non-hydrogen) atoms. The topological polar surface area (TPSA) is 36.9 Å². The van der Waals surface area contributed by atoms with E-state index in [-0.39, 0.29) is 21.7 Å². The molecule has 8 bridgehead atoms. The molecule has 4 heteroatoms. The first-order valence-corrected chi connectivity index (χ1v) is 25.2. The number of ether oxygens (including phenoxy) is 4. The Hall–Kier alpha value is -5.48. The first kappa shape index (κ1) is 50.4. The van der Waals surface area contributed by atoms with Crippen molar-refractivity contribution in [1.29, 1.82) is 0 Å². The SMILES string of the molecule is COc1c2cc(C(C)(C)C)cc1Cc1cc(C(C)(C)C)cc(c1OCc1ccccc1)CCCc1cc(C(C)(C)C)cc(c1OC)Cc1cc(C(C)(C)C)cc(c1OCc1ccccc1)CCC2. The summed E-state index contributed by atoms with van der Waals surface area (Å²) in [5.74, 6) is 3.95. The standard InChI is InChI=1S/C64H80O4/c1-61(2,3)53-33-45-27-21-29-47-35-56(64(10,11)12)40-52(60(47)68-42-44-25-19-16-20-26-44)32-50-38-54(62(4,5)6)34-46(58(50)66-14)28-22-30-48-36-55(63(7,8)9)39-51(31-49(37-53)57(45)65-13)59(48)67-41-43-23-17-15-18-24-43/h15-20,23-26,33-40H,21-22,27-32,41-42H2,1-14H3. The molecule has 0 amide bonds. The van der Waals surface area contributed by atoms with Crippen molar-refractivity contribution in [2.24, 2.45) is 0 Å². The highest BCUT2D eigenvalue weighted by Crippen LogP contribution is 2.42. The predicted molar refractivity (Wildman–Crippen MR) is 285 cm³/mol. The normalized spacial score (nSPS) is 14.0. The number of hydrogen-bond acceptors (Lipinski definition) is 4. The average molecular weight is 913 g/mol. The van der Waals surface area contributed by atoms with Gasteiger partial charge in [-0.3, -0.25) is 0 Å². The lowest BCUT2D eigenvalue weighted by atomic mass is 9.80. The summed E-state index contributed by atoms with van der Waals surface area (Å²) in [6, 6.07) is 40.5. The van der Waals surface area contributed by atoms with E-state index in [0.717, 1.165) is 72.6 Å². The molecular weight excluding hydrogens is 833 g/mol. The van der Waals surface area contributed by atoms with Gasteiger partial charge in [-0.15, -0.1) is 0 Å². The van der Waals surface area contributed by atoms with Crippen LogP contribution in [0, 0.1) is 0 Å². The minimum absolute atomic E-state index is 0.0627. The fraction of sp³-hybridized carbons (Fsp3) is 0.438. The zero-order valence-electron chi connectivity index (χ0n) is 44.1. The Bertz CT molecular complexity index is 2480. The molecule has 0 N–H and O–H groups in total. The molecule has 6 aromatic carbocycles. The smallest absolute Gasteiger partial charge is 0.126 e. The number of hydrogen-bond donors (Lipinski definition) is 0. The summed E-state index contributed by atoms with van der Waals surface area (Å²) < 4.78 is 27.2. The zero-order valence-corrected chi connectivity index (χ0v) is 44.1. The zero-order chi connectivity index (χ0) is 49.0. The summed E-state index contributed by atoms with van der Waals surface area (Å²) in [6.45, 7) is 28.9. The van der Waals surface area contributed by atoms with Crippen LogP contribution in [0.3, 0.4) is 0 Å². The third kappa shape index (κ3) is 12.2. The first-order valence-electron chi connectivity index (χ1n) is 25.2. The molecule has 1 aliphatic rings. The second-order valence-electron chi connectivity index (χ2n) is 23.5. The molecule has 0 aromatic heterocycles. The summed E-state index contributed by atoms with van der Waals surface area (Å²) in [4.78, 5) is 0. The number of benzene rings is 6. The van der Waals surface area contributed by atoms with Crippen molar-refractivity contribution in [1.82, 2.24) is 0 Å². The molecule has 1 aliphatic carbocycles. The van der Waals surface area contributed by atoms with E-state index >= 15 is 0 Å². The monoisotopic (exact) mass is 913 g/mol. The van der Waals surface area contributed by atoms with Gasteiger partial charge in [0.1, 0.15) is 36.2 Å². The van der Waals surface area contributed by atoms with Crippen LogP contribution < -0.4 is 18.9 Å². The minimum atomic E-state index is -0.0662. The first-order chi connectivity index (χ1) is 32.1. The van der Waals surface area contributed by atoms with Crippen molar-refractivity contribution >= 4 is 0 Å². The maximum Gasteiger partial charge on any atom is 0.126 e. The summed E-state index contributed by atoms with van der Waals surface area (Å²) >= 11 is 0. The molecule has 0 atom stereocenters. The van der Waals surface area contributed by atoms with Crippen LogP contribution in [0.1, 0.15) is 174 Å². The largest absolute Gasteiger partial charge is 0.496 e. The van der Waals surface area contributed by atoms with Crippen molar-refractivity contribution < 1.29 is 18.9 Å². The van der Waals surface area contributed by atoms with Crippen molar-refractivity contribution in [2.45, 2.75) is 169 Å². The number of aryl methyl sites for hydroxylation is 4. The molecule has 0 aliphatic heterocycles. The molecule has 0 radical (unpaired) electrons. The van der Waals surface area contributed by atoms with E-state index < -0.39 is 0 Å². The molecule has 360 valence electrons. The van der Waals surface area contributed by atoms with Crippen LogP contribution in [0.4, 0.5) is 0 Å². The highest BCUT2D eigenvalue weighted by molar-refractivity contribution is 5.56. The van der Waals surface area contributed by atoms with Gasteiger partial charge in [0, 0.05) is 12.8 Å². The van der Waals surface area contributed by atoms with Crippen molar-refractivity contribution in [3.63, 3.8) is 0 Å². The number of rotatable bonds is 8. The fourth-order valence-electron chi connectivity index (χ4n) is 9.72. The van der Waals surface area contributed by atoms with Gasteiger partial charge in [0.2, 0.25) is 0 Å². The summed E-state index contributed by atoms with van der Waals surface area (Å²) in [5.41, 5.74) is 17.1. The molecule has 0 spiro atoms. The molecule has 0 unspecified atom stereocenters. The van der Waals surface area contributed by atoms with Crippen LogP contribution in [-0.2, 0) is 73.4 Å². The highest BCUT2D eigenvalue weighted by Gasteiger charge is 2.27. The molecule has 6 aromatic rings. The van der Waals surface area contributed by atoms with Crippen molar-refractivity contribution in [3.8, 4) is 23.0 Å². The van der Waals surface area contributed by atoms with E-state index in [1.54, 1.807) is 0 Å². The predicted octanol–water partition coefficient (Wildman–Crippen LogP) is 15.9. The van der Waals surface area contributed by atoms with E-state index in [0.29, 0.717) is 26.1 Å². The Balaban J connectivity index is 1.46. The third-order valence-electron chi connectivity index (χ3n) is 13.8. The van der Waals surface area contributed by atoms with E-state index in [1.807, 2.05) is 14.2 Å². The van der Waals surface area contributed by atoms with Crippen molar-refractivity contribution in [3.05, 3.63) is 187 Å². The van der Waals surface area contributed by atoms with Crippen LogP contribution >= 0.6 is 0 Å². The Kier molecular flexibility index (Phi) is 15.3. The maximum atomic E-state index is 7.07. The summed E-state index contributed by atoms with van der Waals surface area (Å²) in [7, 11) is 3.70. The average Bonchev–Trinajstić information content (AvgIpc) is 3.27. The molecule has 0 saturated carbocycles. The molecular formula is C64H80O4. The van der Waals surface area contributed by atoms with Gasteiger partial charge >= 0.3 is 0 Å². The van der Waals surface area contributed by atoms with Crippen LogP contribution in [0.2, 0.25) is 0 Å². The lowest BCUT2D eigenvalue weighted by molar-refractivity contribution is 0.299.